The molecular formula is C13H17BrClNO2S. The molecule has 1 aromatic carbocycles. The van der Waals surface area contributed by atoms with Crippen LogP contribution in [0.5, 0.6) is 0 Å². The van der Waals surface area contributed by atoms with Gasteiger partial charge in [-0.1, -0.05) is 41.4 Å². The Balaban J connectivity index is 2.23. The highest BCUT2D eigenvalue weighted by molar-refractivity contribution is 9.10. The summed E-state index contributed by atoms with van der Waals surface area (Å²) in [4.78, 5) is 0.143. The standard InChI is InChI=1S/C13H17BrClNO2S/c1-8-3-5-12(9(8)2)16-19(17,18)13-6-4-10(14)7-11(13)15/h4,6-9,12,16H,3,5H2,1-2H3. The smallest absolute Gasteiger partial charge is 0.208 e. The lowest BCUT2D eigenvalue weighted by Gasteiger charge is -2.20. The van der Waals surface area contributed by atoms with E-state index in [1.807, 2.05) is 0 Å². The summed E-state index contributed by atoms with van der Waals surface area (Å²) in [6.07, 6.45) is 1.94. The second kappa shape index (κ2) is 5.72. The van der Waals surface area contributed by atoms with E-state index in [4.69, 9.17) is 11.6 Å². The molecule has 1 aromatic rings. The number of benzene rings is 1. The van der Waals surface area contributed by atoms with E-state index in [0.29, 0.717) is 11.8 Å². The van der Waals surface area contributed by atoms with Gasteiger partial charge >= 0.3 is 0 Å². The topological polar surface area (TPSA) is 46.2 Å². The molecule has 6 heteroatoms. The predicted molar refractivity (Wildman–Crippen MR) is 80.8 cm³/mol. The second-order valence-corrected chi connectivity index (χ2v) is 8.22. The average molecular weight is 367 g/mol. The summed E-state index contributed by atoms with van der Waals surface area (Å²) in [6, 6.07) is 4.80. The Kier molecular flexibility index (Phi) is 4.60. The molecule has 0 spiro atoms. The van der Waals surface area contributed by atoms with Gasteiger partial charge in [0.15, 0.2) is 0 Å². The summed E-state index contributed by atoms with van der Waals surface area (Å²) < 4.78 is 28.3. The molecule has 0 heterocycles. The lowest BCUT2D eigenvalue weighted by molar-refractivity contribution is 0.402. The number of rotatable bonds is 3. The summed E-state index contributed by atoms with van der Waals surface area (Å²) in [5.74, 6) is 0.900. The van der Waals surface area contributed by atoms with Crippen LogP contribution in [0, 0.1) is 11.8 Å². The molecule has 0 aliphatic heterocycles. The Morgan fingerprint density at radius 1 is 1.32 bits per heavy atom. The molecule has 1 N–H and O–H groups in total. The van der Waals surface area contributed by atoms with E-state index in [2.05, 4.69) is 34.5 Å². The zero-order valence-electron chi connectivity index (χ0n) is 10.9. The third-order valence-corrected chi connectivity index (χ3v) is 6.42. The first-order valence-corrected chi connectivity index (χ1v) is 8.94. The zero-order chi connectivity index (χ0) is 14.2. The fraction of sp³-hybridized carbons (Fsp3) is 0.538. The summed E-state index contributed by atoms with van der Waals surface area (Å²) in [7, 11) is -3.55. The van der Waals surface area contributed by atoms with Crippen molar-refractivity contribution in [2.75, 3.05) is 0 Å². The van der Waals surface area contributed by atoms with Gasteiger partial charge in [-0.25, -0.2) is 13.1 Å². The Labute approximate surface area is 127 Å². The fourth-order valence-electron chi connectivity index (χ4n) is 2.49. The predicted octanol–water partition coefficient (Wildman–Crippen LogP) is 3.82. The van der Waals surface area contributed by atoms with E-state index in [9.17, 15) is 8.42 Å². The fourth-order valence-corrected chi connectivity index (χ4v) is 4.89. The van der Waals surface area contributed by atoms with E-state index in [1.54, 1.807) is 12.1 Å². The van der Waals surface area contributed by atoms with Gasteiger partial charge < -0.3 is 0 Å². The van der Waals surface area contributed by atoms with Crippen molar-refractivity contribution >= 4 is 37.6 Å². The van der Waals surface area contributed by atoms with Crippen LogP contribution in [0.4, 0.5) is 0 Å². The molecule has 1 saturated carbocycles. The minimum absolute atomic E-state index is 0.000265. The van der Waals surface area contributed by atoms with E-state index in [-0.39, 0.29) is 16.0 Å². The highest BCUT2D eigenvalue weighted by Gasteiger charge is 2.33. The monoisotopic (exact) mass is 365 g/mol. The molecule has 3 unspecified atom stereocenters. The normalized spacial score (nSPS) is 27.7. The van der Waals surface area contributed by atoms with Gasteiger partial charge in [0.25, 0.3) is 0 Å². The van der Waals surface area contributed by atoms with Crippen LogP contribution < -0.4 is 4.72 Å². The van der Waals surface area contributed by atoms with Crippen molar-refractivity contribution in [3.8, 4) is 0 Å². The molecule has 0 bridgehead atoms. The van der Waals surface area contributed by atoms with Gasteiger partial charge in [0, 0.05) is 10.5 Å². The van der Waals surface area contributed by atoms with Gasteiger partial charge in [0.2, 0.25) is 10.0 Å². The molecule has 0 amide bonds. The highest BCUT2D eigenvalue weighted by Crippen LogP contribution is 2.33. The summed E-state index contributed by atoms with van der Waals surface area (Å²) in [5.41, 5.74) is 0. The minimum Gasteiger partial charge on any atom is -0.208 e. The highest BCUT2D eigenvalue weighted by atomic mass is 79.9. The summed E-state index contributed by atoms with van der Waals surface area (Å²) in [5, 5.41) is 0.237. The molecular weight excluding hydrogens is 350 g/mol. The van der Waals surface area contributed by atoms with Gasteiger partial charge in [-0.05, 0) is 42.9 Å². The Hall–Kier alpha value is -0.100. The lowest BCUT2D eigenvalue weighted by Crippen LogP contribution is -2.37. The van der Waals surface area contributed by atoms with Crippen LogP contribution in [-0.2, 0) is 10.0 Å². The van der Waals surface area contributed by atoms with E-state index >= 15 is 0 Å². The third-order valence-electron chi connectivity index (χ3n) is 3.96. The number of sulfonamides is 1. The molecule has 106 valence electrons. The van der Waals surface area contributed by atoms with Crippen molar-refractivity contribution in [2.24, 2.45) is 11.8 Å². The molecule has 0 radical (unpaired) electrons. The van der Waals surface area contributed by atoms with E-state index < -0.39 is 10.0 Å². The summed E-state index contributed by atoms with van der Waals surface area (Å²) in [6.45, 7) is 4.25. The van der Waals surface area contributed by atoms with E-state index in [1.165, 1.54) is 6.07 Å². The van der Waals surface area contributed by atoms with Gasteiger partial charge in [0.05, 0.1) is 5.02 Å². The van der Waals surface area contributed by atoms with Gasteiger partial charge in [0.1, 0.15) is 4.90 Å². The maximum absolute atomic E-state index is 12.4. The van der Waals surface area contributed by atoms with Crippen molar-refractivity contribution in [3.05, 3.63) is 27.7 Å². The zero-order valence-corrected chi connectivity index (χ0v) is 14.0. The largest absolute Gasteiger partial charge is 0.242 e. The van der Waals surface area contributed by atoms with Crippen molar-refractivity contribution < 1.29 is 8.42 Å². The molecule has 3 nitrogen and oxygen atoms in total. The first kappa shape index (κ1) is 15.3. The number of hydrogen-bond donors (Lipinski definition) is 1. The molecule has 19 heavy (non-hydrogen) atoms. The van der Waals surface area contributed by atoms with E-state index in [0.717, 1.165) is 17.3 Å². The van der Waals surface area contributed by atoms with Crippen molar-refractivity contribution in [3.63, 3.8) is 0 Å². The molecule has 0 aromatic heterocycles. The van der Waals surface area contributed by atoms with Crippen LogP contribution in [0.2, 0.25) is 5.02 Å². The number of halogens is 2. The molecule has 1 aliphatic carbocycles. The average Bonchev–Trinajstić information content (AvgIpc) is 2.60. The first-order valence-electron chi connectivity index (χ1n) is 6.28. The maximum atomic E-state index is 12.4. The molecule has 1 aliphatic rings. The molecule has 2 rings (SSSR count). The third kappa shape index (κ3) is 3.32. The number of nitrogens with one attached hydrogen (secondary N) is 1. The molecule has 0 saturated heterocycles. The van der Waals surface area contributed by atoms with Crippen LogP contribution in [-0.4, -0.2) is 14.5 Å². The van der Waals surface area contributed by atoms with Crippen LogP contribution in [0.1, 0.15) is 26.7 Å². The van der Waals surface area contributed by atoms with Crippen LogP contribution >= 0.6 is 27.5 Å². The SMILES string of the molecule is CC1CCC(NS(=O)(=O)c2ccc(Br)cc2Cl)C1C. The quantitative estimate of drug-likeness (QED) is 0.884. The van der Waals surface area contributed by atoms with Gasteiger partial charge in [-0.15, -0.1) is 0 Å². The minimum atomic E-state index is -3.55. The van der Waals surface area contributed by atoms with Crippen LogP contribution in [0.3, 0.4) is 0 Å². The van der Waals surface area contributed by atoms with Crippen molar-refractivity contribution in [2.45, 2.75) is 37.6 Å². The maximum Gasteiger partial charge on any atom is 0.242 e. The Morgan fingerprint density at radius 3 is 2.53 bits per heavy atom. The van der Waals surface area contributed by atoms with Gasteiger partial charge in [-0.2, -0.15) is 0 Å². The van der Waals surface area contributed by atoms with Gasteiger partial charge in [-0.3, -0.25) is 0 Å². The molecule has 1 fully saturated rings. The molecule has 3 atom stereocenters. The van der Waals surface area contributed by atoms with Crippen molar-refractivity contribution in [1.82, 2.24) is 4.72 Å². The first-order chi connectivity index (χ1) is 8.81. The lowest BCUT2D eigenvalue weighted by atomic mass is 9.98. The number of hydrogen-bond acceptors (Lipinski definition) is 2. The van der Waals surface area contributed by atoms with Crippen LogP contribution in [0.15, 0.2) is 27.6 Å². The van der Waals surface area contributed by atoms with Crippen LogP contribution in [0.25, 0.3) is 0 Å². The second-order valence-electron chi connectivity index (χ2n) is 5.22. The Bertz CT molecular complexity index is 576. The summed E-state index contributed by atoms with van der Waals surface area (Å²) >= 11 is 9.28. The van der Waals surface area contributed by atoms with Crippen molar-refractivity contribution in [1.29, 1.82) is 0 Å². The Morgan fingerprint density at radius 2 is 2.00 bits per heavy atom.